The molecule has 0 spiro atoms. The smallest absolute Gasteiger partial charge is 0.475 e. The van der Waals surface area contributed by atoms with E-state index in [4.69, 9.17) is 9.90 Å². The maximum Gasteiger partial charge on any atom is 0.490 e. The summed E-state index contributed by atoms with van der Waals surface area (Å²) in [6.07, 6.45) is -2.01. The average molecular weight is 565 g/mol. The Morgan fingerprint density at radius 3 is 2.56 bits per heavy atom. The van der Waals surface area contributed by atoms with Gasteiger partial charge in [-0.15, -0.1) is 0 Å². The standard InChI is InChI=1S/C21H16BrFN6.C2HF3O2/c1-12(28-21-18-20(25-10-24-18)26-11-27-21)19-17(22)15-7-2-3-8-16(15)29(19)14-6-4-5-13(23)9-14;3-2(4,5)1(6)7/h2-12H,1H3,(H2,24,25,26,27,28);(H,6,7). The Hall–Kier alpha value is -4.00. The Balaban J connectivity index is 0.000000384. The third-order valence-corrected chi connectivity index (χ3v) is 5.98. The van der Waals surface area contributed by atoms with Crippen molar-refractivity contribution in [3.05, 3.63) is 77.2 Å². The number of fused-ring (bicyclic) bond motifs is 2. The molecule has 0 fully saturated rings. The number of rotatable bonds is 4. The number of hydrogen-bond acceptors (Lipinski definition) is 5. The minimum absolute atomic E-state index is 0.151. The Morgan fingerprint density at radius 2 is 1.86 bits per heavy atom. The first-order valence-electron chi connectivity index (χ1n) is 10.3. The second-order valence-corrected chi connectivity index (χ2v) is 8.32. The van der Waals surface area contributed by atoms with Crippen molar-refractivity contribution in [2.45, 2.75) is 19.1 Å². The monoisotopic (exact) mass is 564 g/mol. The van der Waals surface area contributed by atoms with E-state index >= 15 is 0 Å². The number of aliphatic carboxylic acids is 1. The van der Waals surface area contributed by atoms with Crippen LogP contribution in [0, 0.1) is 5.82 Å². The third kappa shape index (κ3) is 5.00. The molecule has 0 radical (unpaired) electrons. The highest BCUT2D eigenvalue weighted by Crippen LogP contribution is 2.38. The van der Waals surface area contributed by atoms with Crippen molar-refractivity contribution in [1.82, 2.24) is 24.5 Å². The number of carboxylic acids is 1. The van der Waals surface area contributed by atoms with Gasteiger partial charge in [-0.2, -0.15) is 13.2 Å². The summed E-state index contributed by atoms with van der Waals surface area (Å²) in [5.41, 5.74) is 4.04. The summed E-state index contributed by atoms with van der Waals surface area (Å²) in [7, 11) is 0. The number of para-hydroxylation sites is 1. The molecule has 186 valence electrons. The number of carbonyl (C=O) groups is 1. The van der Waals surface area contributed by atoms with Crippen LogP contribution in [0.1, 0.15) is 18.7 Å². The van der Waals surface area contributed by atoms with Crippen LogP contribution >= 0.6 is 15.9 Å². The summed E-state index contributed by atoms with van der Waals surface area (Å²) >= 11 is 3.77. The fraction of sp³-hybridized carbons (Fsp3) is 0.130. The van der Waals surface area contributed by atoms with Gasteiger partial charge < -0.3 is 20.0 Å². The van der Waals surface area contributed by atoms with E-state index in [1.807, 2.05) is 37.3 Å². The van der Waals surface area contributed by atoms with E-state index < -0.39 is 12.1 Å². The van der Waals surface area contributed by atoms with Gasteiger partial charge in [-0.3, -0.25) is 0 Å². The first kappa shape index (κ1) is 25.1. The molecule has 0 bridgehead atoms. The molecule has 36 heavy (non-hydrogen) atoms. The molecule has 13 heteroatoms. The first-order chi connectivity index (χ1) is 17.1. The highest BCUT2D eigenvalue weighted by atomic mass is 79.9. The molecule has 0 aliphatic rings. The van der Waals surface area contributed by atoms with Crippen LogP contribution in [0.3, 0.4) is 0 Å². The number of imidazole rings is 1. The van der Waals surface area contributed by atoms with Gasteiger partial charge in [0.05, 0.1) is 23.6 Å². The van der Waals surface area contributed by atoms with Gasteiger partial charge in [-0.1, -0.05) is 24.3 Å². The van der Waals surface area contributed by atoms with Crippen LogP contribution < -0.4 is 5.32 Å². The number of aromatic amines is 1. The molecular formula is C23H17BrF4N6O2. The molecular weight excluding hydrogens is 548 g/mol. The number of carboxylic acid groups (broad SMARTS) is 1. The van der Waals surface area contributed by atoms with Gasteiger partial charge in [0.15, 0.2) is 11.5 Å². The van der Waals surface area contributed by atoms with Crippen LogP contribution in [-0.4, -0.2) is 41.8 Å². The van der Waals surface area contributed by atoms with Crippen molar-refractivity contribution in [1.29, 1.82) is 0 Å². The zero-order valence-corrected chi connectivity index (χ0v) is 20.0. The van der Waals surface area contributed by atoms with Gasteiger partial charge in [-0.05, 0) is 47.1 Å². The Bertz CT molecular complexity index is 1550. The number of H-pyrrole nitrogens is 1. The number of halogens is 5. The molecule has 0 saturated carbocycles. The van der Waals surface area contributed by atoms with Crippen molar-refractivity contribution in [3.8, 4) is 5.69 Å². The number of hydrogen-bond donors (Lipinski definition) is 3. The molecule has 0 aliphatic carbocycles. The number of alkyl halides is 3. The second kappa shape index (κ2) is 9.93. The highest BCUT2D eigenvalue weighted by molar-refractivity contribution is 9.10. The van der Waals surface area contributed by atoms with Crippen LogP contribution in [0.4, 0.5) is 23.4 Å². The van der Waals surface area contributed by atoms with Crippen molar-refractivity contribution in [2.75, 3.05) is 5.32 Å². The van der Waals surface area contributed by atoms with Gasteiger partial charge in [0, 0.05) is 15.5 Å². The molecule has 3 aromatic heterocycles. The molecule has 1 unspecified atom stereocenters. The zero-order valence-electron chi connectivity index (χ0n) is 18.4. The molecule has 0 saturated heterocycles. The lowest BCUT2D eigenvalue weighted by atomic mass is 10.2. The van der Waals surface area contributed by atoms with Crippen LogP contribution in [0.2, 0.25) is 0 Å². The van der Waals surface area contributed by atoms with Crippen molar-refractivity contribution in [2.24, 2.45) is 0 Å². The predicted molar refractivity (Wildman–Crippen MR) is 128 cm³/mol. The highest BCUT2D eigenvalue weighted by Gasteiger charge is 2.38. The molecule has 3 heterocycles. The Morgan fingerprint density at radius 1 is 1.14 bits per heavy atom. The van der Waals surface area contributed by atoms with Crippen molar-refractivity contribution < 1.29 is 27.5 Å². The summed E-state index contributed by atoms with van der Waals surface area (Å²) in [6, 6.07) is 14.5. The van der Waals surface area contributed by atoms with Crippen LogP contribution in [0.15, 0.2) is 65.7 Å². The summed E-state index contributed by atoms with van der Waals surface area (Å²) in [5, 5.41) is 11.6. The lowest BCUT2D eigenvalue weighted by Crippen LogP contribution is -2.21. The van der Waals surface area contributed by atoms with E-state index in [1.54, 1.807) is 12.4 Å². The topological polar surface area (TPSA) is 109 Å². The fourth-order valence-electron chi connectivity index (χ4n) is 3.65. The van der Waals surface area contributed by atoms with E-state index in [1.165, 1.54) is 18.5 Å². The van der Waals surface area contributed by atoms with Crippen LogP contribution in [0.25, 0.3) is 27.8 Å². The van der Waals surface area contributed by atoms with E-state index in [0.717, 1.165) is 32.3 Å². The largest absolute Gasteiger partial charge is 0.490 e. The van der Waals surface area contributed by atoms with Crippen LogP contribution in [0.5, 0.6) is 0 Å². The van der Waals surface area contributed by atoms with Gasteiger partial charge in [0.1, 0.15) is 17.7 Å². The summed E-state index contributed by atoms with van der Waals surface area (Å²) in [5.74, 6) is -2.38. The van der Waals surface area contributed by atoms with E-state index in [9.17, 15) is 17.6 Å². The van der Waals surface area contributed by atoms with Crippen molar-refractivity contribution in [3.63, 3.8) is 0 Å². The summed E-state index contributed by atoms with van der Waals surface area (Å²) < 4.78 is 48.8. The van der Waals surface area contributed by atoms with Gasteiger partial charge in [-0.25, -0.2) is 24.1 Å². The summed E-state index contributed by atoms with van der Waals surface area (Å²) in [4.78, 5) is 24.7. The summed E-state index contributed by atoms with van der Waals surface area (Å²) in [6.45, 7) is 2.04. The number of anilines is 1. The lowest BCUT2D eigenvalue weighted by molar-refractivity contribution is -0.192. The average Bonchev–Trinajstić information content (AvgIpc) is 3.42. The second-order valence-electron chi connectivity index (χ2n) is 7.52. The Kier molecular flexibility index (Phi) is 6.93. The number of benzene rings is 2. The maximum absolute atomic E-state index is 14.0. The van der Waals surface area contributed by atoms with E-state index in [2.05, 4.69) is 45.7 Å². The molecule has 8 nitrogen and oxygen atoms in total. The molecule has 0 amide bonds. The molecule has 3 N–H and O–H groups in total. The quantitative estimate of drug-likeness (QED) is 0.231. The lowest BCUT2D eigenvalue weighted by Gasteiger charge is -2.19. The molecule has 5 aromatic rings. The molecule has 0 aliphatic heterocycles. The molecule has 1 atom stereocenters. The van der Waals surface area contributed by atoms with Crippen molar-refractivity contribution >= 4 is 49.8 Å². The normalized spacial score (nSPS) is 12.3. The van der Waals surface area contributed by atoms with Gasteiger partial charge in [0.2, 0.25) is 0 Å². The van der Waals surface area contributed by atoms with E-state index in [0.29, 0.717) is 11.5 Å². The SMILES string of the molecule is CC(Nc1ncnc2nc[nH]c12)c1c(Br)c2ccccc2n1-c1cccc(F)c1.O=C(O)C(F)(F)F. The third-order valence-electron chi connectivity index (χ3n) is 5.14. The number of aromatic nitrogens is 5. The molecule has 2 aromatic carbocycles. The van der Waals surface area contributed by atoms with Gasteiger partial charge >= 0.3 is 12.1 Å². The predicted octanol–water partition coefficient (Wildman–Crippen LogP) is 6.00. The minimum atomic E-state index is -5.08. The molecule has 5 rings (SSSR count). The fourth-order valence-corrected chi connectivity index (χ4v) is 4.50. The van der Waals surface area contributed by atoms with Crippen LogP contribution in [-0.2, 0) is 4.79 Å². The van der Waals surface area contributed by atoms with Gasteiger partial charge in [0.25, 0.3) is 0 Å². The Labute approximate surface area is 209 Å². The zero-order chi connectivity index (χ0) is 26.0. The van der Waals surface area contributed by atoms with E-state index in [-0.39, 0.29) is 11.9 Å². The first-order valence-corrected chi connectivity index (χ1v) is 11.1. The number of nitrogens with one attached hydrogen (secondary N) is 2. The number of nitrogens with zero attached hydrogens (tertiary/aromatic N) is 4. The maximum atomic E-state index is 14.0. The minimum Gasteiger partial charge on any atom is -0.475 e.